The first-order valence-corrected chi connectivity index (χ1v) is 5.16. The molecular formula is C12H15NO4. The molecule has 1 rings (SSSR count). The Hall–Kier alpha value is -2.04. The fourth-order valence-corrected chi connectivity index (χ4v) is 1.25. The monoisotopic (exact) mass is 237 g/mol. The average Bonchev–Trinajstić information content (AvgIpc) is 2.34. The van der Waals surface area contributed by atoms with Gasteiger partial charge in [0.15, 0.2) is 6.04 Å². The summed E-state index contributed by atoms with van der Waals surface area (Å²) in [5, 5.41) is 2.46. The third-order valence-corrected chi connectivity index (χ3v) is 2.02. The molecule has 1 amide bonds. The SMILES string of the molecule is COC(=O)C(COc1ccccc1)NC(C)=O. The average molecular weight is 237 g/mol. The molecule has 1 unspecified atom stereocenters. The van der Waals surface area contributed by atoms with Gasteiger partial charge in [-0.3, -0.25) is 4.79 Å². The van der Waals surface area contributed by atoms with E-state index in [0.717, 1.165) is 0 Å². The van der Waals surface area contributed by atoms with Crippen molar-refractivity contribution >= 4 is 11.9 Å². The normalized spacial score (nSPS) is 11.4. The lowest BCUT2D eigenvalue weighted by molar-refractivity contribution is -0.145. The highest BCUT2D eigenvalue weighted by Gasteiger charge is 2.20. The van der Waals surface area contributed by atoms with Crippen LogP contribution >= 0.6 is 0 Å². The van der Waals surface area contributed by atoms with Gasteiger partial charge in [-0.1, -0.05) is 18.2 Å². The van der Waals surface area contributed by atoms with Crippen LogP contribution < -0.4 is 10.1 Å². The fourth-order valence-electron chi connectivity index (χ4n) is 1.25. The van der Waals surface area contributed by atoms with Crippen molar-refractivity contribution < 1.29 is 19.1 Å². The number of para-hydroxylation sites is 1. The van der Waals surface area contributed by atoms with Crippen molar-refractivity contribution in [2.24, 2.45) is 0 Å². The van der Waals surface area contributed by atoms with Gasteiger partial charge in [-0.05, 0) is 12.1 Å². The zero-order valence-electron chi connectivity index (χ0n) is 9.80. The maximum Gasteiger partial charge on any atom is 0.331 e. The Morgan fingerprint density at radius 1 is 1.29 bits per heavy atom. The molecule has 0 aliphatic carbocycles. The van der Waals surface area contributed by atoms with Gasteiger partial charge < -0.3 is 14.8 Å². The number of carbonyl (C=O) groups excluding carboxylic acids is 2. The van der Waals surface area contributed by atoms with Gasteiger partial charge in [0.1, 0.15) is 12.4 Å². The molecule has 0 saturated carbocycles. The van der Waals surface area contributed by atoms with Crippen molar-refractivity contribution in [3.63, 3.8) is 0 Å². The molecule has 0 radical (unpaired) electrons. The highest BCUT2D eigenvalue weighted by Crippen LogP contribution is 2.08. The Morgan fingerprint density at radius 2 is 1.94 bits per heavy atom. The van der Waals surface area contributed by atoms with E-state index in [1.165, 1.54) is 14.0 Å². The molecule has 1 aromatic carbocycles. The lowest BCUT2D eigenvalue weighted by Gasteiger charge is -2.16. The number of methoxy groups -OCH3 is 1. The van der Waals surface area contributed by atoms with Gasteiger partial charge in [0.25, 0.3) is 0 Å². The molecule has 0 aliphatic rings. The topological polar surface area (TPSA) is 64.6 Å². The van der Waals surface area contributed by atoms with Crippen LogP contribution in [0.3, 0.4) is 0 Å². The lowest BCUT2D eigenvalue weighted by Crippen LogP contribution is -2.44. The van der Waals surface area contributed by atoms with E-state index in [9.17, 15) is 9.59 Å². The van der Waals surface area contributed by atoms with Crippen molar-refractivity contribution in [3.05, 3.63) is 30.3 Å². The van der Waals surface area contributed by atoms with Gasteiger partial charge in [0.05, 0.1) is 7.11 Å². The molecule has 0 heterocycles. The van der Waals surface area contributed by atoms with Crippen LogP contribution in [0.15, 0.2) is 30.3 Å². The maximum atomic E-state index is 11.4. The summed E-state index contributed by atoms with van der Waals surface area (Å²) in [6.45, 7) is 1.37. The van der Waals surface area contributed by atoms with Crippen LogP contribution in [-0.2, 0) is 14.3 Å². The minimum Gasteiger partial charge on any atom is -0.491 e. The summed E-state index contributed by atoms with van der Waals surface area (Å²) in [5.41, 5.74) is 0. The summed E-state index contributed by atoms with van der Waals surface area (Å²) in [7, 11) is 1.26. The van der Waals surface area contributed by atoms with Crippen molar-refractivity contribution in [2.45, 2.75) is 13.0 Å². The van der Waals surface area contributed by atoms with Crippen LogP contribution in [0.25, 0.3) is 0 Å². The zero-order valence-corrected chi connectivity index (χ0v) is 9.80. The second kappa shape index (κ2) is 6.52. The Morgan fingerprint density at radius 3 is 2.47 bits per heavy atom. The number of ether oxygens (including phenoxy) is 2. The molecule has 17 heavy (non-hydrogen) atoms. The lowest BCUT2D eigenvalue weighted by atomic mass is 10.3. The molecule has 0 saturated heterocycles. The molecule has 1 aromatic rings. The quantitative estimate of drug-likeness (QED) is 0.767. The first kappa shape index (κ1) is 13.0. The highest BCUT2D eigenvalue weighted by molar-refractivity contribution is 5.83. The van der Waals surface area contributed by atoms with E-state index in [-0.39, 0.29) is 12.5 Å². The van der Waals surface area contributed by atoms with E-state index < -0.39 is 12.0 Å². The standard InChI is InChI=1S/C12H15NO4/c1-9(14)13-11(12(15)16-2)8-17-10-6-4-3-5-7-10/h3-7,11H,8H2,1-2H3,(H,13,14). The van der Waals surface area contributed by atoms with Gasteiger partial charge in [-0.15, -0.1) is 0 Å². The molecule has 1 N–H and O–H groups in total. The number of nitrogens with one attached hydrogen (secondary N) is 1. The third kappa shape index (κ3) is 4.55. The van der Waals surface area contributed by atoms with Crippen molar-refractivity contribution in [2.75, 3.05) is 13.7 Å². The van der Waals surface area contributed by atoms with Crippen LogP contribution in [0.5, 0.6) is 5.75 Å². The molecule has 0 bridgehead atoms. The van der Waals surface area contributed by atoms with Crippen molar-refractivity contribution in [1.29, 1.82) is 0 Å². The number of rotatable bonds is 5. The van der Waals surface area contributed by atoms with E-state index in [4.69, 9.17) is 4.74 Å². The number of amides is 1. The summed E-state index contributed by atoms with van der Waals surface area (Å²) in [6, 6.07) is 8.24. The summed E-state index contributed by atoms with van der Waals surface area (Å²) in [4.78, 5) is 22.3. The Labute approximate surface area is 99.7 Å². The molecule has 0 aliphatic heterocycles. The fraction of sp³-hybridized carbons (Fsp3) is 0.333. The molecule has 92 valence electrons. The Kier molecular flexibility index (Phi) is 5.00. The molecule has 0 aromatic heterocycles. The van der Waals surface area contributed by atoms with E-state index in [1.807, 2.05) is 18.2 Å². The van der Waals surface area contributed by atoms with Gasteiger partial charge in [0, 0.05) is 6.92 Å². The number of benzene rings is 1. The molecular weight excluding hydrogens is 222 g/mol. The number of carbonyl (C=O) groups is 2. The van der Waals surface area contributed by atoms with Crippen LogP contribution in [0.1, 0.15) is 6.92 Å². The Bertz CT molecular complexity index is 377. The molecule has 0 spiro atoms. The van der Waals surface area contributed by atoms with Crippen molar-refractivity contribution in [3.8, 4) is 5.75 Å². The molecule has 5 heteroatoms. The summed E-state index contributed by atoms with van der Waals surface area (Å²) >= 11 is 0. The van der Waals surface area contributed by atoms with Crippen LogP contribution in [-0.4, -0.2) is 31.6 Å². The van der Waals surface area contributed by atoms with E-state index in [0.29, 0.717) is 5.75 Å². The molecule has 1 atom stereocenters. The van der Waals surface area contributed by atoms with Crippen LogP contribution in [0.4, 0.5) is 0 Å². The minimum atomic E-state index is -0.794. The smallest absolute Gasteiger partial charge is 0.331 e. The Balaban J connectivity index is 2.55. The molecule has 0 fully saturated rings. The summed E-state index contributed by atoms with van der Waals surface area (Å²) in [6.07, 6.45) is 0. The number of hydrogen-bond donors (Lipinski definition) is 1. The van der Waals surface area contributed by atoms with Gasteiger partial charge in [-0.2, -0.15) is 0 Å². The van der Waals surface area contributed by atoms with E-state index >= 15 is 0 Å². The first-order valence-electron chi connectivity index (χ1n) is 5.16. The predicted molar refractivity (Wildman–Crippen MR) is 61.6 cm³/mol. The largest absolute Gasteiger partial charge is 0.491 e. The third-order valence-electron chi connectivity index (χ3n) is 2.02. The number of esters is 1. The van der Waals surface area contributed by atoms with Crippen molar-refractivity contribution in [1.82, 2.24) is 5.32 Å². The molecule has 5 nitrogen and oxygen atoms in total. The van der Waals surface area contributed by atoms with E-state index in [1.54, 1.807) is 12.1 Å². The van der Waals surface area contributed by atoms with Crippen LogP contribution in [0, 0.1) is 0 Å². The highest BCUT2D eigenvalue weighted by atomic mass is 16.5. The second-order valence-corrected chi connectivity index (χ2v) is 3.40. The predicted octanol–water partition coefficient (Wildman–Crippen LogP) is 0.743. The summed E-state index contributed by atoms with van der Waals surface area (Å²) < 4.78 is 9.94. The van der Waals surface area contributed by atoms with E-state index in [2.05, 4.69) is 10.1 Å². The zero-order chi connectivity index (χ0) is 12.7. The minimum absolute atomic E-state index is 0.0380. The van der Waals surface area contributed by atoms with Crippen LogP contribution in [0.2, 0.25) is 0 Å². The maximum absolute atomic E-state index is 11.4. The first-order chi connectivity index (χ1) is 8.13. The number of hydrogen-bond acceptors (Lipinski definition) is 4. The van der Waals surface area contributed by atoms with Gasteiger partial charge >= 0.3 is 5.97 Å². The van der Waals surface area contributed by atoms with Gasteiger partial charge in [0.2, 0.25) is 5.91 Å². The second-order valence-electron chi connectivity index (χ2n) is 3.40. The van der Waals surface area contributed by atoms with Gasteiger partial charge in [-0.25, -0.2) is 4.79 Å². The summed E-state index contributed by atoms with van der Waals surface area (Å²) in [5.74, 6) is -0.208.